The topological polar surface area (TPSA) is 109 Å². The number of rotatable bonds is 7. The Morgan fingerprint density at radius 3 is 2.45 bits per heavy atom. The van der Waals surface area contributed by atoms with E-state index in [2.05, 4.69) is 5.32 Å². The number of carboxylic acid groups (broad SMARTS) is 1. The van der Waals surface area contributed by atoms with Gasteiger partial charge in [0.2, 0.25) is 11.8 Å². The minimum Gasteiger partial charge on any atom is -0.481 e. The summed E-state index contributed by atoms with van der Waals surface area (Å²) < 4.78 is 0. The van der Waals surface area contributed by atoms with E-state index in [9.17, 15) is 14.4 Å². The number of nitrogens with one attached hydrogen (secondary N) is 1. The first-order chi connectivity index (χ1) is 9.40. The molecule has 0 saturated carbocycles. The lowest BCUT2D eigenvalue weighted by atomic mass is 10.1. The summed E-state index contributed by atoms with van der Waals surface area (Å²) in [6, 6.07) is 4.93. The number of benzene rings is 1. The zero-order valence-corrected chi connectivity index (χ0v) is 11.3. The minimum absolute atomic E-state index is 0.0592. The van der Waals surface area contributed by atoms with Gasteiger partial charge in [-0.3, -0.25) is 14.4 Å². The fourth-order valence-electron chi connectivity index (χ4n) is 1.75. The molecule has 0 bridgehead atoms. The molecule has 6 nitrogen and oxygen atoms in total. The monoisotopic (exact) mass is 278 g/mol. The van der Waals surface area contributed by atoms with Gasteiger partial charge in [0.15, 0.2) is 0 Å². The van der Waals surface area contributed by atoms with Crippen molar-refractivity contribution in [2.75, 3.05) is 5.32 Å². The number of amides is 2. The Morgan fingerprint density at radius 1 is 1.20 bits per heavy atom. The lowest BCUT2D eigenvalue weighted by Gasteiger charge is -2.08. The van der Waals surface area contributed by atoms with Gasteiger partial charge in [0, 0.05) is 24.1 Å². The van der Waals surface area contributed by atoms with Crippen molar-refractivity contribution < 1.29 is 19.5 Å². The zero-order valence-electron chi connectivity index (χ0n) is 11.3. The highest BCUT2D eigenvalue weighted by Crippen LogP contribution is 2.15. The van der Waals surface area contributed by atoms with Crippen molar-refractivity contribution in [3.05, 3.63) is 29.3 Å². The maximum atomic E-state index is 11.6. The van der Waals surface area contributed by atoms with Crippen molar-refractivity contribution in [2.45, 2.75) is 32.6 Å². The van der Waals surface area contributed by atoms with Gasteiger partial charge in [-0.1, -0.05) is 6.07 Å². The van der Waals surface area contributed by atoms with Crippen LogP contribution in [0.25, 0.3) is 0 Å². The number of aryl methyl sites for hydroxylation is 1. The summed E-state index contributed by atoms with van der Waals surface area (Å²) in [5.41, 5.74) is 6.86. The number of primary amides is 1. The first-order valence-electron chi connectivity index (χ1n) is 6.32. The second kappa shape index (κ2) is 7.28. The molecule has 1 aromatic carbocycles. The molecular weight excluding hydrogens is 260 g/mol. The Balaban J connectivity index is 2.52. The highest BCUT2D eigenvalue weighted by atomic mass is 16.4. The normalized spacial score (nSPS) is 10.1. The molecule has 0 aliphatic heterocycles. The summed E-state index contributed by atoms with van der Waals surface area (Å²) in [5, 5.41) is 11.1. The number of carbonyl (C=O) groups is 3. The summed E-state index contributed by atoms with van der Waals surface area (Å²) in [7, 11) is 0. The van der Waals surface area contributed by atoms with Gasteiger partial charge < -0.3 is 16.2 Å². The Kier molecular flexibility index (Phi) is 5.71. The van der Waals surface area contributed by atoms with Gasteiger partial charge in [-0.25, -0.2) is 0 Å². The Labute approximate surface area is 117 Å². The molecule has 0 aliphatic rings. The number of anilines is 1. The third-order valence-corrected chi connectivity index (χ3v) is 2.83. The van der Waals surface area contributed by atoms with E-state index >= 15 is 0 Å². The number of unbranched alkanes of at least 4 members (excludes halogenated alkanes) is 1. The van der Waals surface area contributed by atoms with Crippen molar-refractivity contribution >= 4 is 23.5 Å². The predicted molar refractivity (Wildman–Crippen MR) is 74.4 cm³/mol. The number of carboxylic acids is 1. The van der Waals surface area contributed by atoms with Crippen LogP contribution < -0.4 is 11.1 Å². The molecule has 0 heterocycles. The van der Waals surface area contributed by atoms with E-state index in [1.165, 1.54) is 6.07 Å². The highest BCUT2D eigenvalue weighted by Gasteiger charge is 2.08. The molecule has 4 N–H and O–H groups in total. The third kappa shape index (κ3) is 5.09. The molecule has 108 valence electrons. The second-order valence-corrected chi connectivity index (χ2v) is 4.54. The van der Waals surface area contributed by atoms with Crippen LogP contribution in [0.5, 0.6) is 0 Å². The molecule has 0 atom stereocenters. The van der Waals surface area contributed by atoms with Gasteiger partial charge in [0.05, 0.1) is 0 Å². The summed E-state index contributed by atoms with van der Waals surface area (Å²) >= 11 is 0. The van der Waals surface area contributed by atoms with Crippen molar-refractivity contribution in [2.24, 2.45) is 5.73 Å². The fraction of sp³-hybridized carbons (Fsp3) is 0.357. The number of aliphatic carboxylic acids is 1. The van der Waals surface area contributed by atoms with E-state index in [0.29, 0.717) is 24.1 Å². The molecule has 20 heavy (non-hydrogen) atoms. The minimum atomic E-state index is -0.866. The van der Waals surface area contributed by atoms with Gasteiger partial charge in [-0.05, 0) is 37.5 Å². The van der Waals surface area contributed by atoms with Gasteiger partial charge in [-0.2, -0.15) is 0 Å². The summed E-state index contributed by atoms with van der Waals surface area (Å²) in [6.07, 6.45) is 1.27. The van der Waals surface area contributed by atoms with E-state index < -0.39 is 11.9 Å². The van der Waals surface area contributed by atoms with Crippen LogP contribution in [0.1, 0.15) is 41.6 Å². The van der Waals surface area contributed by atoms with Gasteiger partial charge in [0.25, 0.3) is 0 Å². The fourth-order valence-corrected chi connectivity index (χ4v) is 1.75. The molecule has 0 aromatic heterocycles. The van der Waals surface area contributed by atoms with Crippen molar-refractivity contribution in [3.8, 4) is 0 Å². The number of hydrogen-bond acceptors (Lipinski definition) is 3. The average molecular weight is 278 g/mol. The quantitative estimate of drug-likeness (QED) is 0.659. The van der Waals surface area contributed by atoms with Crippen LogP contribution in [-0.2, 0) is 9.59 Å². The molecule has 0 saturated heterocycles. The molecular formula is C14H18N2O4. The van der Waals surface area contributed by atoms with Crippen molar-refractivity contribution in [1.82, 2.24) is 0 Å². The zero-order chi connectivity index (χ0) is 15.1. The molecule has 0 radical (unpaired) electrons. The van der Waals surface area contributed by atoms with Crippen LogP contribution in [-0.4, -0.2) is 22.9 Å². The van der Waals surface area contributed by atoms with Gasteiger partial charge in [0.1, 0.15) is 0 Å². The van der Waals surface area contributed by atoms with Crippen molar-refractivity contribution in [3.63, 3.8) is 0 Å². The average Bonchev–Trinajstić information content (AvgIpc) is 2.36. The van der Waals surface area contributed by atoms with Gasteiger partial charge in [-0.15, -0.1) is 0 Å². The maximum Gasteiger partial charge on any atom is 0.303 e. The summed E-state index contributed by atoms with van der Waals surface area (Å²) in [5.74, 6) is -1.62. The first kappa shape index (κ1) is 15.7. The summed E-state index contributed by atoms with van der Waals surface area (Å²) in [4.78, 5) is 33.2. The third-order valence-electron chi connectivity index (χ3n) is 2.83. The first-order valence-corrected chi connectivity index (χ1v) is 6.32. The summed E-state index contributed by atoms with van der Waals surface area (Å²) in [6.45, 7) is 1.76. The number of nitrogens with two attached hydrogens (primary N) is 1. The van der Waals surface area contributed by atoms with Crippen LogP contribution in [0.4, 0.5) is 5.69 Å². The van der Waals surface area contributed by atoms with E-state index in [-0.39, 0.29) is 18.7 Å². The number of carbonyl (C=O) groups excluding carboxylic acids is 2. The van der Waals surface area contributed by atoms with E-state index in [1.807, 2.05) is 0 Å². The molecule has 0 fully saturated rings. The van der Waals surface area contributed by atoms with Gasteiger partial charge >= 0.3 is 5.97 Å². The van der Waals surface area contributed by atoms with Crippen LogP contribution >= 0.6 is 0 Å². The lowest BCUT2D eigenvalue weighted by molar-refractivity contribution is -0.137. The van der Waals surface area contributed by atoms with E-state index in [4.69, 9.17) is 10.8 Å². The largest absolute Gasteiger partial charge is 0.481 e. The van der Waals surface area contributed by atoms with Crippen LogP contribution in [0.2, 0.25) is 0 Å². The van der Waals surface area contributed by atoms with Crippen LogP contribution in [0.3, 0.4) is 0 Å². The highest BCUT2D eigenvalue weighted by molar-refractivity contribution is 5.97. The van der Waals surface area contributed by atoms with Crippen molar-refractivity contribution in [1.29, 1.82) is 0 Å². The van der Waals surface area contributed by atoms with E-state index in [1.54, 1.807) is 19.1 Å². The lowest BCUT2D eigenvalue weighted by Crippen LogP contribution is -2.15. The number of hydrogen-bond donors (Lipinski definition) is 3. The molecule has 1 aromatic rings. The smallest absolute Gasteiger partial charge is 0.303 e. The Hall–Kier alpha value is -2.37. The standard InChI is InChI=1S/C14H18N2O4/c1-9-6-7-10(8-11(9)14(15)20)16-12(17)4-2-3-5-13(18)19/h6-8H,2-5H2,1H3,(H2,15,20)(H,16,17)(H,18,19). The predicted octanol–water partition coefficient (Wildman–Crippen LogP) is 1.68. The molecule has 0 unspecified atom stereocenters. The van der Waals surface area contributed by atoms with Crippen LogP contribution in [0.15, 0.2) is 18.2 Å². The molecule has 6 heteroatoms. The van der Waals surface area contributed by atoms with Crippen LogP contribution in [0, 0.1) is 6.92 Å². The maximum absolute atomic E-state index is 11.6. The molecule has 0 aliphatic carbocycles. The molecule has 1 rings (SSSR count). The Bertz CT molecular complexity index is 526. The SMILES string of the molecule is Cc1ccc(NC(=O)CCCCC(=O)O)cc1C(N)=O. The Morgan fingerprint density at radius 2 is 1.85 bits per heavy atom. The second-order valence-electron chi connectivity index (χ2n) is 4.54. The van der Waals surface area contributed by atoms with E-state index in [0.717, 1.165) is 5.56 Å². The molecule has 2 amide bonds. The molecule has 0 spiro atoms.